The van der Waals surface area contributed by atoms with Crippen molar-refractivity contribution in [3.8, 4) is 6.07 Å². The van der Waals surface area contributed by atoms with E-state index in [1.807, 2.05) is 4.90 Å². The summed E-state index contributed by atoms with van der Waals surface area (Å²) in [4.78, 5) is 14.3. The SMILES string of the molecule is N#CC1(NC(=O)CNc2cc(C(F)(F)F)ccc2N2CCCC2)CCCC1. The molecule has 2 N–H and O–H groups in total. The molecule has 0 atom stereocenters. The monoisotopic (exact) mass is 380 g/mol. The Hall–Kier alpha value is -2.43. The number of alkyl halides is 3. The lowest BCUT2D eigenvalue weighted by Crippen LogP contribution is -2.47. The van der Waals surface area contributed by atoms with Crippen molar-refractivity contribution in [1.82, 2.24) is 5.32 Å². The summed E-state index contributed by atoms with van der Waals surface area (Å²) in [6.07, 6.45) is 0.520. The summed E-state index contributed by atoms with van der Waals surface area (Å²) in [5.74, 6) is -0.386. The first kappa shape index (κ1) is 19.3. The van der Waals surface area contributed by atoms with E-state index >= 15 is 0 Å². The van der Waals surface area contributed by atoms with Crippen LogP contribution in [0.3, 0.4) is 0 Å². The van der Waals surface area contributed by atoms with Crippen molar-refractivity contribution in [3.05, 3.63) is 23.8 Å². The highest BCUT2D eigenvalue weighted by Gasteiger charge is 2.35. The maximum Gasteiger partial charge on any atom is 0.416 e. The van der Waals surface area contributed by atoms with E-state index in [1.165, 1.54) is 6.07 Å². The lowest BCUT2D eigenvalue weighted by molar-refractivity contribution is -0.137. The van der Waals surface area contributed by atoms with Gasteiger partial charge in [0.1, 0.15) is 5.54 Å². The zero-order chi connectivity index (χ0) is 19.5. The molecule has 1 saturated carbocycles. The van der Waals surface area contributed by atoms with Gasteiger partial charge in [-0.2, -0.15) is 18.4 Å². The van der Waals surface area contributed by atoms with Gasteiger partial charge in [-0.1, -0.05) is 0 Å². The number of halogens is 3. The standard InChI is InChI=1S/C19H23F3N4O/c20-19(21,22)14-5-6-16(26-9-3-4-10-26)15(11-14)24-12-17(27)25-18(13-23)7-1-2-8-18/h5-6,11,24H,1-4,7-10,12H2,(H,25,27). The minimum Gasteiger partial charge on any atom is -0.374 e. The van der Waals surface area contributed by atoms with E-state index in [9.17, 15) is 23.2 Å². The Labute approximate surface area is 156 Å². The van der Waals surface area contributed by atoms with Crippen LogP contribution in [0.25, 0.3) is 0 Å². The summed E-state index contributed by atoms with van der Waals surface area (Å²) in [5.41, 5.74) is -0.634. The second-order valence-electron chi connectivity index (χ2n) is 7.23. The third-order valence-corrected chi connectivity index (χ3v) is 5.26. The first-order valence-corrected chi connectivity index (χ1v) is 9.25. The highest BCUT2D eigenvalue weighted by molar-refractivity contribution is 5.84. The topological polar surface area (TPSA) is 68.2 Å². The van der Waals surface area contributed by atoms with Gasteiger partial charge in [-0.3, -0.25) is 4.79 Å². The Bertz CT molecular complexity index is 729. The molecule has 27 heavy (non-hydrogen) atoms. The number of nitrogens with zero attached hydrogens (tertiary/aromatic N) is 2. The van der Waals surface area contributed by atoms with Gasteiger partial charge in [0, 0.05) is 13.1 Å². The molecular formula is C19H23F3N4O. The zero-order valence-electron chi connectivity index (χ0n) is 15.0. The lowest BCUT2D eigenvalue weighted by atomic mass is 10.00. The Balaban J connectivity index is 1.73. The number of hydrogen-bond acceptors (Lipinski definition) is 4. The fraction of sp³-hybridized carbons (Fsp3) is 0.579. The van der Waals surface area contributed by atoms with Crippen molar-refractivity contribution < 1.29 is 18.0 Å². The third-order valence-electron chi connectivity index (χ3n) is 5.26. The molecule has 0 aromatic heterocycles. The average Bonchev–Trinajstić information content (AvgIpc) is 3.31. The Morgan fingerprint density at radius 1 is 1.19 bits per heavy atom. The molecule has 0 unspecified atom stereocenters. The Morgan fingerprint density at radius 2 is 1.85 bits per heavy atom. The van der Waals surface area contributed by atoms with E-state index in [0.29, 0.717) is 24.2 Å². The van der Waals surface area contributed by atoms with Crippen LogP contribution in [-0.2, 0) is 11.0 Å². The van der Waals surface area contributed by atoms with Gasteiger partial charge in [0.2, 0.25) is 5.91 Å². The summed E-state index contributed by atoms with van der Waals surface area (Å²) >= 11 is 0. The van der Waals surface area contributed by atoms with Gasteiger partial charge in [0.25, 0.3) is 0 Å². The van der Waals surface area contributed by atoms with Crippen molar-refractivity contribution in [3.63, 3.8) is 0 Å². The van der Waals surface area contributed by atoms with Gasteiger partial charge >= 0.3 is 6.18 Å². The molecule has 0 bridgehead atoms. The van der Waals surface area contributed by atoms with Gasteiger partial charge in [-0.15, -0.1) is 0 Å². The van der Waals surface area contributed by atoms with Crippen LogP contribution < -0.4 is 15.5 Å². The van der Waals surface area contributed by atoms with Crippen LogP contribution in [0.15, 0.2) is 18.2 Å². The predicted molar refractivity (Wildman–Crippen MR) is 96.3 cm³/mol. The number of nitriles is 1. The molecule has 3 rings (SSSR count). The molecular weight excluding hydrogens is 357 g/mol. The van der Waals surface area contributed by atoms with Crippen LogP contribution in [0.1, 0.15) is 44.1 Å². The summed E-state index contributed by atoms with van der Waals surface area (Å²) in [6, 6.07) is 5.76. The second kappa shape index (κ2) is 7.67. The summed E-state index contributed by atoms with van der Waals surface area (Å²) in [5, 5.41) is 14.9. The number of benzene rings is 1. The quantitative estimate of drug-likeness (QED) is 0.818. The molecule has 0 radical (unpaired) electrons. The van der Waals surface area contributed by atoms with E-state index < -0.39 is 17.3 Å². The number of anilines is 2. The third kappa shape index (κ3) is 4.46. The van der Waals surface area contributed by atoms with Crippen LogP contribution in [0.5, 0.6) is 0 Å². The molecule has 1 aliphatic carbocycles. The number of carbonyl (C=O) groups excluding carboxylic acids is 1. The van der Waals surface area contributed by atoms with Crippen LogP contribution in [-0.4, -0.2) is 31.1 Å². The molecule has 2 aliphatic rings. The van der Waals surface area contributed by atoms with Gasteiger partial charge in [0.05, 0.1) is 29.6 Å². The molecule has 1 saturated heterocycles. The summed E-state index contributed by atoms with van der Waals surface area (Å²) in [6.45, 7) is 1.39. The predicted octanol–water partition coefficient (Wildman–Crippen LogP) is 3.67. The number of nitrogens with one attached hydrogen (secondary N) is 2. The normalized spacial score (nSPS) is 19.0. The van der Waals surface area contributed by atoms with Crippen molar-refractivity contribution >= 4 is 17.3 Å². The van der Waals surface area contributed by atoms with Crippen LogP contribution in [0.2, 0.25) is 0 Å². The van der Waals surface area contributed by atoms with Crippen LogP contribution >= 0.6 is 0 Å². The molecule has 2 fully saturated rings. The first-order valence-electron chi connectivity index (χ1n) is 9.25. The van der Waals surface area contributed by atoms with Crippen molar-refractivity contribution in [2.45, 2.75) is 50.2 Å². The van der Waals surface area contributed by atoms with Crippen LogP contribution in [0, 0.1) is 11.3 Å². The fourth-order valence-electron chi connectivity index (χ4n) is 3.82. The Kier molecular flexibility index (Phi) is 5.49. The molecule has 0 spiro atoms. The van der Waals surface area contributed by atoms with Gasteiger partial charge in [-0.25, -0.2) is 0 Å². The molecule has 8 heteroatoms. The van der Waals surface area contributed by atoms with Gasteiger partial charge in [-0.05, 0) is 56.7 Å². The minimum atomic E-state index is -4.45. The van der Waals surface area contributed by atoms with Crippen molar-refractivity contribution in [1.29, 1.82) is 5.26 Å². The van der Waals surface area contributed by atoms with Crippen molar-refractivity contribution in [2.75, 3.05) is 29.9 Å². The van der Waals surface area contributed by atoms with E-state index in [2.05, 4.69) is 16.7 Å². The maximum atomic E-state index is 13.1. The Morgan fingerprint density at radius 3 is 2.44 bits per heavy atom. The van der Waals surface area contributed by atoms with E-state index in [1.54, 1.807) is 0 Å². The molecule has 146 valence electrons. The number of rotatable bonds is 5. The fourth-order valence-corrected chi connectivity index (χ4v) is 3.82. The number of carbonyl (C=O) groups is 1. The van der Waals surface area contributed by atoms with Crippen molar-refractivity contribution in [2.24, 2.45) is 0 Å². The minimum absolute atomic E-state index is 0.175. The van der Waals surface area contributed by atoms with E-state index in [4.69, 9.17) is 0 Å². The molecule has 1 heterocycles. The first-order chi connectivity index (χ1) is 12.8. The molecule has 1 aromatic carbocycles. The molecule has 1 aliphatic heterocycles. The summed E-state index contributed by atoms with van der Waals surface area (Å²) < 4.78 is 39.3. The molecule has 1 aromatic rings. The van der Waals surface area contributed by atoms with Gasteiger partial charge in [0.15, 0.2) is 0 Å². The second-order valence-corrected chi connectivity index (χ2v) is 7.23. The largest absolute Gasteiger partial charge is 0.416 e. The molecule has 1 amide bonds. The van der Waals surface area contributed by atoms with E-state index in [-0.39, 0.29) is 12.5 Å². The molecule has 5 nitrogen and oxygen atoms in total. The highest BCUT2D eigenvalue weighted by atomic mass is 19.4. The van der Waals surface area contributed by atoms with Crippen LogP contribution in [0.4, 0.5) is 24.5 Å². The maximum absolute atomic E-state index is 13.1. The van der Waals surface area contributed by atoms with E-state index in [0.717, 1.165) is 50.9 Å². The number of hydrogen-bond donors (Lipinski definition) is 2. The summed E-state index contributed by atoms with van der Waals surface area (Å²) in [7, 11) is 0. The number of amides is 1. The highest BCUT2D eigenvalue weighted by Crippen LogP contribution is 2.36. The lowest BCUT2D eigenvalue weighted by Gasteiger charge is -2.25. The average molecular weight is 380 g/mol. The van der Waals surface area contributed by atoms with Gasteiger partial charge < -0.3 is 15.5 Å². The smallest absolute Gasteiger partial charge is 0.374 e. The zero-order valence-corrected chi connectivity index (χ0v) is 15.0.